The van der Waals surface area contributed by atoms with Gasteiger partial charge in [-0.1, -0.05) is 30.4 Å². The van der Waals surface area contributed by atoms with Crippen LogP contribution in [0.25, 0.3) is 0 Å². The van der Waals surface area contributed by atoms with Gasteiger partial charge in [0.1, 0.15) is 23.6 Å². The summed E-state index contributed by atoms with van der Waals surface area (Å²) in [5, 5.41) is 0. The molecule has 6 nitrogen and oxygen atoms in total. The van der Waals surface area contributed by atoms with Crippen LogP contribution < -0.4 is 14.4 Å². The molecule has 1 unspecified atom stereocenters. The number of carbonyl (C=O) groups is 2. The Morgan fingerprint density at radius 2 is 1.79 bits per heavy atom. The first-order valence-corrected chi connectivity index (χ1v) is 12.0. The van der Waals surface area contributed by atoms with E-state index < -0.39 is 5.60 Å². The smallest absolute Gasteiger partial charge is 0.325 e. The maximum absolute atomic E-state index is 12.3. The lowest BCUT2D eigenvalue weighted by Gasteiger charge is -2.39. The van der Waals surface area contributed by atoms with Crippen LogP contribution in [-0.2, 0) is 20.7 Å². The molecule has 0 bridgehead atoms. The van der Waals surface area contributed by atoms with Gasteiger partial charge in [-0.05, 0) is 76.3 Å². The minimum absolute atomic E-state index is 0.0480. The molecule has 0 fully saturated rings. The van der Waals surface area contributed by atoms with Crippen LogP contribution in [0.1, 0.15) is 55.9 Å². The molecule has 1 heterocycles. The van der Waals surface area contributed by atoms with Gasteiger partial charge >= 0.3 is 11.9 Å². The van der Waals surface area contributed by atoms with E-state index in [1.54, 1.807) is 6.92 Å². The second-order valence-electron chi connectivity index (χ2n) is 8.95. The van der Waals surface area contributed by atoms with Crippen molar-refractivity contribution in [2.75, 3.05) is 18.1 Å². The molecule has 0 spiro atoms. The van der Waals surface area contributed by atoms with Crippen molar-refractivity contribution < 1.29 is 23.8 Å². The lowest BCUT2D eigenvalue weighted by atomic mass is 9.85. The summed E-state index contributed by atoms with van der Waals surface area (Å²) in [6.45, 7) is 11.5. The van der Waals surface area contributed by atoms with E-state index in [-0.39, 0.29) is 18.5 Å². The predicted octanol–water partition coefficient (Wildman–Crippen LogP) is 5.41. The summed E-state index contributed by atoms with van der Waals surface area (Å²) in [5.41, 5.74) is 4.15. The van der Waals surface area contributed by atoms with Gasteiger partial charge in [0, 0.05) is 24.6 Å². The molecule has 1 atom stereocenters. The highest BCUT2D eigenvalue weighted by molar-refractivity contribution is 7.80. The van der Waals surface area contributed by atoms with Crippen molar-refractivity contribution in [3.63, 3.8) is 0 Å². The van der Waals surface area contributed by atoms with Crippen LogP contribution >= 0.6 is 12.2 Å². The third-order valence-electron chi connectivity index (χ3n) is 6.30. The van der Waals surface area contributed by atoms with Crippen LogP contribution in [0, 0.1) is 20.8 Å². The van der Waals surface area contributed by atoms with E-state index in [9.17, 15) is 9.59 Å². The number of thiocarbonyl (C=S) groups is 1. The van der Waals surface area contributed by atoms with Gasteiger partial charge in [0.05, 0.1) is 11.6 Å². The summed E-state index contributed by atoms with van der Waals surface area (Å²) < 4.78 is 17.3. The molecule has 7 heteroatoms. The fraction of sp³-hybridized carbons (Fsp3) is 0.444. The van der Waals surface area contributed by atoms with Gasteiger partial charge in [-0.2, -0.15) is 0 Å². The number of anilines is 1. The van der Waals surface area contributed by atoms with Crippen molar-refractivity contribution >= 4 is 34.8 Å². The van der Waals surface area contributed by atoms with E-state index in [2.05, 4.69) is 6.92 Å². The molecule has 2 aromatic rings. The molecular weight excluding hydrogens is 450 g/mol. The van der Waals surface area contributed by atoms with Gasteiger partial charge in [-0.15, -0.1) is 0 Å². The summed E-state index contributed by atoms with van der Waals surface area (Å²) in [6, 6.07) is 9.62. The summed E-state index contributed by atoms with van der Waals surface area (Å²) in [4.78, 5) is 26.4. The number of nitrogens with zero attached hydrogens (tertiary/aromatic N) is 1. The van der Waals surface area contributed by atoms with Crippen LogP contribution in [0.4, 0.5) is 5.69 Å². The SMILES string of the molecule is CCOC(=O)CN(C(=S)CC1(C)CCc2c(C)c(OC(C)=O)c(C)c(C)c2O1)c1ccccc1. The van der Waals surface area contributed by atoms with Crippen LogP contribution in [0.5, 0.6) is 11.5 Å². The van der Waals surface area contributed by atoms with Crippen molar-refractivity contribution in [1.82, 2.24) is 0 Å². The number of rotatable bonds is 7. The maximum Gasteiger partial charge on any atom is 0.325 e. The normalized spacial score (nSPS) is 16.8. The lowest BCUT2D eigenvalue weighted by Crippen LogP contribution is -2.44. The van der Waals surface area contributed by atoms with Crippen molar-refractivity contribution in [3.05, 3.63) is 52.6 Å². The van der Waals surface area contributed by atoms with Crippen LogP contribution in [0.15, 0.2) is 30.3 Å². The Kier molecular flexibility index (Phi) is 7.97. The minimum Gasteiger partial charge on any atom is -0.487 e. The second-order valence-corrected chi connectivity index (χ2v) is 9.43. The third-order valence-corrected chi connectivity index (χ3v) is 6.66. The molecule has 34 heavy (non-hydrogen) atoms. The maximum atomic E-state index is 12.3. The first-order chi connectivity index (χ1) is 16.1. The summed E-state index contributed by atoms with van der Waals surface area (Å²) >= 11 is 5.84. The molecule has 0 saturated heterocycles. The Bertz CT molecular complexity index is 1100. The average Bonchev–Trinajstić information content (AvgIpc) is 2.79. The van der Waals surface area contributed by atoms with E-state index in [0.29, 0.717) is 23.8 Å². The van der Waals surface area contributed by atoms with Crippen LogP contribution in [0.2, 0.25) is 0 Å². The Morgan fingerprint density at radius 1 is 1.12 bits per heavy atom. The van der Waals surface area contributed by atoms with Gasteiger partial charge < -0.3 is 19.1 Å². The van der Waals surface area contributed by atoms with E-state index in [1.165, 1.54) is 6.92 Å². The van der Waals surface area contributed by atoms with Gasteiger partial charge in [0.15, 0.2) is 0 Å². The highest BCUT2D eigenvalue weighted by atomic mass is 32.1. The van der Waals surface area contributed by atoms with E-state index in [1.807, 2.05) is 56.0 Å². The first kappa shape index (κ1) is 25.7. The van der Waals surface area contributed by atoms with E-state index >= 15 is 0 Å². The molecule has 0 radical (unpaired) electrons. The Hall–Kier alpha value is -2.93. The zero-order valence-electron chi connectivity index (χ0n) is 20.8. The van der Waals surface area contributed by atoms with Crippen LogP contribution in [-0.4, -0.2) is 35.7 Å². The van der Waals surface area contributed by atoms with Crippen LogP contribution in [0.3, 0.4) is 0 Å². The molecule has 1 aliphatic heterocycles. The molecule has 2 aromatic carbocycles. The molecule has 0 saturated carbocycles. The average molecular weight is 484 g/mol. The number of ether oxygens (including phenoxy) is 3. The number of para-hydroxylation sites is 1. The molecule has 1 aliphatic rings. The van der Waals surface area contributed by atoms with Gasteiger partial charge in [-0.3, -0.25) is 9.59 Å². The predicted molar refractivity (Wildman–Crippen MR) is 137 cm³/mol. The number of hydrogen-bond acceptors (Lipinski definition) is 6. The van der Waals surface area contributed by atoms with Gasteiger partial charge in [-0.25, -0.2) is 0 Å². The van der Waals surface area contributed by atoms with E-state index in [0.717, 1.165) is 46.5 Å². The van der Waals surface area contributed by atoms with Crippen molar-refractivity contribution in [2.24, 2.45) is 0 Å². The molecule has 3 rings (SSSR count). The highest BCUT2D eigenvalue weighted by Crippen LogP contribution is 2.44. The number of carbonyl (C=O) groups excluding carboxylic acids is 2. The Balaban J connectivity index is 1.88. The number of fused-ring (bicyclic) bond motifs is 1. The summed E-state index contributed by atoms with van der Waals surface area (Å²) in [6.07, 6.45) is 1.99. The molecule has 0 N–H and O–H groups in total. The molecule has 182 valence electrons. The zero-order valence-corrected chi connectivity index (χ0v) is 21.6. The fourth-order valence-electron chi connectivity index (χ4n) is 4.39. The molecule has 0 aromatic heterocycles. The third kappa shape index (κ3) is 5.58. The first-order valence-electron chi connectivity index (χ1n) is 11.6. The Labute approximate surface area is 207 Å². The number of esters is 2. The second kappa shape index (κ2) is 10.6. The van der Waals surface area contributed by atoms with Crippen molar-refractivity contribution in [2.45, 2.75) is 66.4 Å². The Morgan fingerprint density at radius 3 is 2.41 bits per heavy atom. The van der Waals surface area contributed by atoms with Gasteiger partial charge in [0.25, 0.3) is 0 Å². The summed E-state index contributed by atoms with van der Waals surface area (Å²) in [5.74, 6) is 0.796. The quantitative estimate of drug-likeness (QED) is 0.296. The molecule has 0 amide bonds. The van der Waals surface area contributed by atoms with Crippen molar-refractivity contribution in [1.29, 1.82) is 0 Å². The molecule has 0 aliphatic carbocycles. The largest absolute Gasteiger partial charge is 0.487 e. The summed E-state index contributed by atoms with van der Waals surface area (Å²) in [7, 11) is 0. The van der Waals surface area contributed by atoms with E-state index in [4.69, 9.17) is 26.4 Å². The monoisotopic (exact) mass is 483 g/mol. The minimum atomic E-state index is -0.543. The van der Waals surface area contributed by atoms with Gasteiger partial charge in [0.2, 0.25) is 0 Å². The van der Waals surface area contributed by atoms with Crippen molar-refractivity contribution in [3.8, 4) is 11.5 Å². The number of benzene rings is 2. The fourth-order valence-corrected chi connectivity index (χ4v) is 4.86. The standard InChI is InChI=1S/C27H33NO5S/c1-7-31-24(30)16-28(21-11-9-8-10-12-21)23(34)15-27(6)14-13-22-19(4)25(32-20(5)29)17(2)18(3)26(22)33-27/h8-12H,7,13-16H2,1-6H3. The topological polar surface area (TPSA) is 65.1 Å². The zero-order chi connectivity index (χ0) is 25.0. The molecular formula is C27H33NO5S. The highest BCUT2D eigenvalue weighted by Gasteiger charge is 2.37. The number of hydrogen-bond donors (Lipinski definition) is 0. The lowest BCUT2D eigenvalue weighted by molar-refractivity contribution is -0.141.